The molecular weight excluding hydrogens is 571 g/mol. The van der Waals surface area contributed by atoms with Crippen LogP contribution >= 0.6 is 0 Å². The van der Waals surface area contributed by atoms with Gasteiger partial charge in [0.2, 0.25) is 0 Å². The van der Waals surface area contributed by atoms with E-state index in [1.807, 2.05) is 45.9 Å². The fourth-order valence-corrected chi connectivity index (χ4v) is 7.95. The zero-order valence-electron chi connectivity index (χ0n) is 24.3. The van der Waals surface area contributed by atoms with E-state index >= 15 is 0 Å². The molecule has 0 aromatic heterocycles. The monoisotopic (exact) mass is 607 g/mol. The molecular formula is C30H36F3N3O5S. The number of rotatable bonds is 5. The highest BCUT2D eigenvalue weighted by Crippen LogP contribution is 2.45. The highest BCUT2D eigenvalue weighted by molar-refractivity contribution is 7.92. The number of hydrogen-bond donors (Lipinski definition) is 1. The summed E-state index contributed by atoms with van der Waals surface area (Å²) in [5.74, 6) is -0.978. The Morgan fingerprint density at radius 3 is 2.40 bits per heavy atom. The van der Waals surface area contributed by atoms with Crippen LogP contribution in [0.4, 0.5) is 24.5 Å². The van der Waals surface area contributed by atoms with Gasteiger partial charge in [0, 0.05) is 26.1 Å². The first-order chi connectivity index (χ1) is 19.4. The number of halogens is 3. The molecule has 228 valence electrons. The van der Waals surface area contributed by atoms with Crippen molar-refractivity contribution in [3.05, 3.63) is 59.7 Å². The summed E-state index contributed by atoms with van der Waals surface area (Å²) in [5.41, 5.74) is 0.737. The molecule has 42 heavy (non-hydrogen) atoms. The molecule has 5 rings (SSSR count). The maximum Gasteiger partial charge on any atom is 0.416 e. The quantitative estimate of drug-likeness (QED) is 0.497. The third kappa shape index (κ3) is 5.76. The zero-order valence-corrected chi connectivity index (χ0v) is 25.1. The van der Waals surface area contributed by atoms with Crippen LogP contribution in [-0.4, -0.2) is 73.9 Å². The third-order valence-corrected chi connectivity index (χ3v) is 9.92. The summed E-state index contributed by atoms with van der Waals surface area (Å²) in [6, 6.07) is 8.20. The molecule has 0 spiro atoms. The van der Waals surface area contributed by atoms with Gasteiger partial charge >= 0.3 is 12.1 Å². The fraction of sp³-hybridized carbons (Fsp3) is 0.500. The van der Waals surface area contributed by atoms with Crippen molar-refractivity contribution < 1.29 is 36.2 Å². The van der Waals surface area contributed by atoms with Gasteiger partial charge in [-0.3, -0.25) is 14.0 Å². The summed E-state index contributed by atoms with van der Waals surface area (Å²) in [7, 11) is -4.43. The lowest BCUT2D eigenvalue weighted by Crippen LogP contribution is -2.62. The Morgan fingerprint density at radius 2 is 1.76 bits per heavy atom. The van der Waals surface area contributed by atoms with Gasteiger partial charge in [-0.05, 0) is 82.2 Å². The van der Waals surface area contributed by atoms with Crippen molar-refractivity contribution in [1.29, 1.82) is 0 Å². The molecule has 2 aromatic rings. The Morgan fingerprint density at radius 1 is 1.05 bits per heavy atom. The van der Waals surface area contributed by atoms with Crippen molar-refractivity contribution >= 4 is 32.9 Å². The van der Waals surface area contributed by atoms with Crippen LogP contribution < -0.4 is 9.21 Å². The van der Waals surface area contributed by atoms with Gasteiger partial charge in [-0.25, -0.2) is 8.42 Å². The largest absolute Gasteiger partial charge is 0.480 e. The molecule has 3 aliphatic heterocycles. The second-order valence-corrected chi connectivity index (χ2v) is 14.3. The Bertz CT molecular complexity index is 1540. The van der Waals surface area contributed by atoms with E-state index in [2.05, 4.69) is 4.90 Å². The number of hydrogen-bond acceptors (Lipinski definition) is 6. The van der Waals surface area contributed by atoms with E-state index in [0.29, 0.717) is 37.0 Å². The van der Waals surface area contributed by atoms with Crippen LogP contribution in [0.25, 0.3) is 5.57 Å². The predicted octanol–water partition coefficient (Wildman–Crippen LogP) is 5.24. The molecule has 0 bridgehead atoms. The minimum Gasteiger partial charge on any atom is -0.480 e. The second kappa shape index (κ2) is 10.3. The summed E-state index contributed by atoms with van der Waals surface area (Å²) in [6.45, 7) is 10.7. The van der Waals surface area contributed by atoms with E-state index in [0.717, 1.165) is 23.3 Å². The number of alkyl halides is 3. The molecule has 1 fully saturated rings. The van der Waals surface area contributed by atoms with E-state index in [9.17, 15) is 31.5 Å². The Kier molecular flexibility index (Phi) is 7.43. The minimum absolute atomic E-state index is 0.0446. The number of ether oxygens (including phenoxy) is 1. The molecule has 0 amide bonds. The van der Waals surface area contributed by atoms with Gasteiger partial charge in [-0.15, -0.1) is 0 Å². The molecule has 0 saturated carbocycles. The van der Waals surface area contributed by atoms with Gasteiger partial charge in [0.1, 0.15) is 6.04 Å². The molecule has 0 unspecified atom stereocenters. The SMILES string of the molecule is C[C@H](C(=O)O)N1CCN2c3ccc(C4=CC(C)(C)OC(C)(C)C4)cc3N(S(=O)(=O)c3cccc(C(F)(F)F)c3)C[C@@H]2C1. The van der Waals surface area contributed by atoms with Crippen LogP contribution in [0.2, 0.25) is 0 Å². The third-order valence-electron chi connectivity index (χ3n) is 8.15. The Labute approximate surface area is 244 Å². The summed E-state index contributed by atoms with van der Waals surface area (Å²) in [5, 5.41) is 9.57. The van der Waals surface area contributed by atoms with E-state index in [1.54, 1.807) is 17.9 Å². The maximum atomic E-state index is 14.1. The molecule has 3 aliphatic rings. The Hall–Kier alpha value is -3.09. The average molecular weight is 608 g/mol. The van der Waals surface area contributed by atoms with Crippen molar-refractivity contribution in [2.24, 2.45) is 0 Å². The number of aliphatic carboxylic acids is 1. The van der Waals surface area contributed by atoms with Crippen LogP contribution in [0, 0.1) is 0 Å². The fourth-order valence-electron chi connectivity index (χ4n) is 6.40. The molecule has 1 saturated heterocycles. The number of carbonyl (C=O) groups is 1. The summed E-state index contributed by atoms with van der Waals surface area (Å²) in [6.07, 6.45) is -2.10. The lowest BCUT2D eigenvalue weighted by Gasteiger charge is -2.50. The number of sulfonamides is 1. The molecule has 0 radical (unpaired) electrons. The number of carboxylic acids is 1. The number of carboxylic acid groups (broad SMARTS) is 1. The van der Waals surface area contributed by atoms with Crippen LogP contribution in [0.15, 0.2) is 53.4 Å². The van der Waals surface area contributed by atoms with Crippen LogP contribution in [0.1, 0.15) is 52.2 Å². The molecule has 12 heteroatoms. The number of piperazine rings is 1. The van der Waals surface area contributed by atoms with Crippen LogP contribution in [0.5, 0.6) is 0 Å². The lowest BCUT2D eigenvalue weighted by molar-refractivity contribution is -0.143. The second-order valence-electron chi connectivity index (χ2n) is 12.4. The predicted molar refractivity (Wildman–Crippen MR) is 154 cm³/mol. The zero-order chi connectivity index (χ0) is 30.8. The molecule has 1 N–H and O–H groups in total. The minimum atomic E-state index is -4.71. The first kappa shape index (κ1) is 30.4. The number of nitrogens with zero attached hydrogens (tertiary/aromatic N) is 3. The molecule has 3 heterocycles. The van der Waals surface area contributed by atoms with Crippen LogP contribution in [0.3, 0.4) is 0 Å². The van der Waals surface area contributed by atoms with Crippen molar-refractivity contribution in [1.82, 2.24) is 4.90 Å². The summed E-state index contributed by atoms with van der Waals surface area (Å²) < 4.78 is 76.2. The van der Waals surface area contributed by atoms with E-state index in [-0.39, 0.29) is 13.1 Å². The first-order valence-electron chi connectivity index (χ1n) is 13.9. The Balaban J connectivity index is 1.62. The van der Waals surface area contributed by atoms with Crippen LogP contribution in [-0.2, 0) is 25.7 Å². The highest BCUT2D eigenvalue weighted by atomic mass is 32.2. The molecule has 2 atom stereocenters. The van der Waals surface area contributed by atoms with E-state index < -0.39 is 55.9 Å². The summed E-state index contributed by atoms with van der Waals surface area (Å²) >= 11 is 0. The van der Waals surface area contributed by atoms with Gasteiger partial charge in [0.15, 0.2) is 0 Å². The molecule has 8 nitrogen and oxygen atoms in total. The van der Waals surface area contributed by atoms with E-state index in [1.165, 1.54) is 10.4 Å². The molecule has 0 aliphatic carbocycles. The van der Waals surface area contributed by atoms with Gasteiger partial charge in [0.05, 0.1) is 45.6 Å². The lowest BCUT2D eigenvalue weighted by atomic mass is 9.85. The van der Waals surface area contributed by atoms with Gasteiger partial charge in [-0.1, -0.05) is 12.1 Å². The summed E-state index contributed by atoms with van der Waals surface area (Å²) in [4.78, 5) is 15.1. The standard InChI is InChI=1S/C30H36F3N3O5S/c1-19(27(37)38)34-11-12-35-23(17-34)18-36(42(39,40)24-8-6-7-22(14-24)30(31,32)33)26-13-20(9-10-25(26)35)21-15-28(2,3)41-29(4,5)16-21/h6-10,13-15,19,23H,11-12,16-18H2,1-5H3,(H,37,38)/t19-,23+/m1/s1. The highest BCUT2D eigenvalue weighted by Gasteiger charge is 2.43. The molecule has 2 aromatic carbocycles. The first-order valence-corrected chi connectivity index (χ1v) is 15.3. The van der Waals surface area contributed by atoms with E-state index in [4.69, 9.17) is 4.74 Å². The van der Waals surface area contributed by atoms with Gasteiger partial charge in [0.25, 0.3) is 10.0 Å². The van der Waals surface area contributed by atoms with Crippen molar-refractivity contribution in [2.75, 3.05) is 35.4 Å². The maximum absolute atomic E-state index is 14.1. The smallest absolute Gasteiger partial charge is 0.416 e. The van der Waals surface area contributed by atoms with Crippen molar-refractivity contribution in [3.63, 3.8) is 0 Å². The van der Waals surface area contributed by atoms with Gasteiger partial charge in [-0.2, -0.15) is 13.2 Å². The van der Waals surface area contributed by atoms with Gasteiger partial charge < -0.3 is 14.7 Å². The topological polar surface area (TPSA) is 90.4 Å². The number of fused-ring (bicyclic) bond motifs is 3. The van der Waals surface area contributed by atoms with Crippen molar-refractivity contribution in [3.8, 4) is 0 Å². The normalized spacial score (nSPS) is 23.0. The average Bonchev–Trinajstić information content (AvgIpc) is 2.89. The number of benzene rings is 2. The number of anilines is 2. The van der Waals surface area contributed by atoms with Crippen molar-refractivity contribution in [2.45, 2.75) is 75.4 Å².